The van der Waals surface area contributed by atoms with Crippen LogP contribution in [0.2, 0.25) is 0 Å². The van der Waals surface area contributed by atoms with Crippen molar-refractivity contribution in [1.82, 2.24) is 4.57 Å². The third kappa shape index (κ3) is 2.31. The van der Waals surface area contributed by atoms with E-state index in [0.717, 1.165) is 16.8 Å². The van der Waals surface area contributed by atoms with E-state index in [1.54, 1.807) is 10.6 Å². The van der Waals surface area contributed by atoms with E-state index in [2.05, 4.69) is 0 Å². The molecule has 4 nitrogen and oxygen atoms in total. The van der Waals surface area contributed by atoms with Gasteiger partial charge in [-0.3, -0.25) is 4.79 Å². The lowest BCUT2D eigenvalue weighted by atomic mass is 10.0. The molecule has 0 bridgehead atoms. The molecule has 0 saturated heterocycles. The van der Waals surface area contributed by atoms with Crippen LogP contribution < -0.4 is 10.3 Å². The zero-order chi connectivity index (χ0) is 17.6. The SMILES string of the molecule is [3H]C(=O)Cn1c2cc(C)ccc2c(=O)c2ccc(C)c(N(C)C)c21. The van der Waals surface area contributed by atoms with Gasteiger partial charge in [0.2, 0.25) is 0 Å². The minimum absolute atomic E-state index is 0.0446. The molecule has 0 N–H and O–H groups in total. The van der Waals surface area contributed by atoms with Gasteiger partial charge in [-0.25, -0.2) is 0 Å². The maximum absolute atomic E-state index is 13.0. The van der Waals surface area contributed by atoms with Gasteiger partial charge < -0.3 is 14.3 Å². The summed E-state index contributed by atoms with van der Waals surface area (Å²) in [6.07, 6.45) is -0.686. The molecular weight excluding hydrogens is 288 g/mol. The lowest BCUT2D eigenvalue weighted by molar-refractivity contribution is -0.108. The molecule has 0 saturated carbocycles. The van der Waals surface area contributed by atoms with Crippen LogP contribution in [-0.2, 0) is 11.3 Å². The zero-order valence-electron chi connectivity index (χ0n) is 14.8. The number of carbonyl (C=O) groups excluding carboxylic acids is 1. The number of nitrogens with zero attached hydrogens (tertiary/aromatic N) is 2. The van der Waals surface area contributed by atoms with Crippen LogP contribution in [0, 0.1) is 13.8 Å². The van der Waals surface area contributed by atoms with Crippen molar-refractivity contribution >= 4 is 33.8 Å². The number of hydrogen-bond donors (Lipinski definition) is 0. The Hall–Kier alpha value is -2.62. The number of aryl methyl sites for hydroxylation is 2. The van der Waals surface area contributed by atoms with Crippen LogP contribution in [-0.4, -0.2) is 24.9 Å². The summed E-state index contributed by atoms with van der Waals surface area (Å²) in [6.45, 7) is 3.84. The van der Waals surface area contributed by atoms with E-state index in [9.17, 15) is 9.59 Å². The van der Waals surface area contributed by atoms with Crippen molar-refractivity contribution < 1.29 is 6.17 Å². The highest BCUT2D eigenvalue weighted by Gasteiger charge is 2.16. The summed E-state index contributed by atoms with van der Waals surface area (Å²) in [4.78, 5) is 26.5. The van der Waals surface area contributed by atoms with Gasteiger partial charge in [-0.05, 0) is 43.2 Å². The molecule has 23 heavy (non-hydrogen) atoms. The average molecular weight is 310 g/mol. The number of pyridine rings is 1. The Labute approximate surface area is 136 Å². The molecular formula is C19H20N2O2. The van der Waals surface area contributed by atoms with Crippen LogP contribution in [0.25, 0.3) is 21.8 Å². The summed E-state index contributed by atoms with van der Waals surface area (Å²) < 4.78 is 9.26. The first kappa shape index (κ1) is 14.0. The molecule has 0 spiro atoms. The molecule has 0 aliphatic carbocycles. The summed E-state index contributed by atoms with van der Waals surface area (Å²) in [5, 5.41) is 1.14. The van der Waals surface area contributed by atoms with Gasteiger partial charge in [0, 0.05) is 24.9 Å². The first-order valence-corrected chi connectivity index (χ1v) is 7.54. The van der Waals surface area contributed by atoms with Gasteiger partial charge in [0.1, 0.15) is 7.63 Å². The summed E-state index contributed by atoms with van der Waals surface area (Å²) in [5.74, 6) is 0. The monoisotopic (exact) mass is 310 g/mol. The summed E-state index contributed by atoms with van der Waals surface area (Å²) >= 11 is 0. The van der Waals surface area contributed by atoms with E-state index < -0.39 is 6.26 Å². The lowest BCUT2D eigenvalue weighted by Crippen LogP contribution is -2.18. The largest absolute Gasteiger partial charge is 0.376 e. The molecule has 4 heteroatoms. The van der Waals surface area contributed by atoms with E-state index in [-0.39, 0.29) is 12.0 Å². The van der Waals surface area contributed by atoms with Gasteiger partial charge in [0.15, 0.2) is 5.43 Å². The molecule has 0 amide bonds. The fraction of sp³-hybridized carbons (Fsp3) is 0.263. The van der Waals surface area contributed by atoms with Gasteiger partial charge in [-0.15, -0.1) is 0 Å². The molecule has 2 aromatic carbocycles. The van der Waals surface area contributed by atoms with Crippen LogP contribution in [0.5, 0.6) is 0 Å². The Bertz CT molecular complexity index is 1040. The van der Waals surface area contributed by atoms with Gasteiger partial charge in [0.25, 0.3) is 0 Å². The lowest BCUT2D eigenvalue weighted by Gasteiger charge is -2.22. The second kappa shape index (κ2) is 5.54. The quantitative estimate of drug-likeness (QED) is 0.551. The number of rotatable bonds is 3. The van der Waals surface area contributed by atoms with Crippen molar-refractivity contribution in [3.05, 3.63) is 51.7 Å². The Morgan fingerprint density at radius 3 is 2.52 bits per heavy atom. The summed E-state index contributed by atoms with van der Waals surface area (Å²) in [7, 11) is 3.83. The number of fused-ring (bicyclic) bond motifs is 2. The minimum Gasteiger partial charge on any atom is -0.376 e. The molecule has 3 rings (SSSR count). The van der Waals surface area contributed by atoms with Crippen molar-refractivity contribution in [2.24, 2.45) is 0 Å². The molecule has 1 aromatic heterocycles. The fourth-order valence-corrected chi connectivity index (χ4v) is 3.25. The molecule has 3 aromatic rings. The number of aldehydes is 1. The molecule has 0 aliphatic heterocycles. The van der Waals surface area contributed by atoms with Crippen LogP contribution in [0.3, 0.4) is 0 Å². The van der Waals surface area contributed by atoms with E-state index in [4.69, 9.17) is 1.37 Å². The van der Waals surface area contributed by atoms with E-state index >= 15 is 0 Å². The first-order valence-electron chi connectivity index (χ1n) is 8.04. The highest BCUT2D eigenvalue weighted by molar-refractivity contribution is 6.01. The van der Waals surface area contributed by atoms with Crippen LogP contribution >= 0.6 is 0 Å². The van der Waals surface area contributed by atoms with Crippen molar-refractivity contribution in [3.8, 4) is 0 Å². The Kier molecular flexibility index (Phi) is 3.37. The molecule has 1 heterocycles. The Morgan fingerprint density at radius 2 is 1.87 bits per heavy atom. The molecule has 0 atom stereocenters. The normalized spacial score (nSPS) is 11.7. The molecule has 0 radical (unpaired) electrons. The number of carbonyl (C=O) groups is 1. The molecule has 118 valence electrons. The van der Waals surface area contributed by atoms with Crippen LogP contribution in [0.4, 0.5) is 5.69 Å². The van der Waals surface area contributed by atoms with Gasteiger partial charge in [-0.2, -0.15) is 0 Å². The average Bonchev–Trinajstić information content (AvgIpc) is 2.50. The first-order chi connectivity index (χ1) is 11.3. The smallest absolute Gasteiger partial charge is 0.197 e. The van der Waals surface area contributed by atoms with Gasteiger partial charge in [0.05, 0.1) is 23.3 Å². The highest BCUT2D eigenvalue weighted by Crippen LogP contribution is 2.30. The van der Waals surface area contributed by atoms with Crippen molar-refractivity contribution in [2.75, 3.05) is 19.0 Å². The van der Waals surface area contributed by atoms with Crippen molar-refractivity contribution in [3.63, 3.8) is 0 Å². The summed E-state index contributed by atoms with van der Waals surface area (Å²) in [6, 6.07) is 9.33. The van der Waals surface area contributed by atoms with Crippen LogP contribution in [0.15, 0.2) is 35.1 Å². The third-order valence-corrected chi connectivity index (χ3v) is 4.23. The second-order valence-electron chi connectivity index (χ2n) is 6.10. The molecule has 0 aliphatic rings. The predicted octanol–water partition coefficient (Wildman–Crippen LogP) is 3.04. The summed E-state index contributed by atoms with van der Waals surface area (Å²) in [5.41, 5.74) is 4.29. The maximum Gasteiger partial charge on any atom is 0.197 e. The van der Waals surface area contributed by atoms with E-state index in [0.29, 0.717) is 21.8 Å². The second-order valence-corrected chi connectivity index (χ2v) is 6.10. The van der Waals surface area contributed by atoms with Crippen molar-refractivity contribution in [1.29, 1.82) is 0 Å². The van der Waals surface area contributed by atoms with Gasteiger partial charge >= 0.3 is 0 Å². The van der Waals surface area contributed by atoms with Crippen molar-refractivity contribution in [2.45, 2.75) is 20.4 Å². The van der Waals surface area contributed by atoms with Crippen LogP contribution in [0.1, 0.15) is 12.5 Å². The number of anilines is 1. The molecule has 0 fully saturated rings. The molecule has 0 unspecified atom stereocenters. The highest BCUT2D eigenvalue weighted by atomic mass is 16.1. The zero-order valence-corrected chi connectivity index (χ0v) is 13.8. The topological polar surface area (TPSA) is 42.3 Å². The number of aromatic nitrogens is 1. The minimum atomic E-state index is -0.686. The Morgan fingerprint density at radius 1 is 1.17 bits per heavy atom. The third-order valence-electron chi connectivity index (χ3n) is 4.23. The van der Waals surface area contributed by atoms with E-state index in [1.807, 2.05) is 57.1 Å². The van der Waals surface area contributed by atoms with Gasteiger partial charge in [-0.1, -0.05) is 12.1 Å². The standard InChI is InChI=1S/C19H20N2O2/c1-12-5-7-14-16(11-12)21(9-10-22)18-15(19(14)23)8-6-13(2)17(18)20(3)4/h5-8,10-11H,9H2,1-4H3/i10T. The number of benzene rings is 2. The predicted molar refractivity (Wildman–Crippen MR) is 95.6 cm³/mol. The fourth-order valence-electron chi connectivity index (χ4n) is 3.25. The maximum atomic E-state index is 13.0. The van der Waals surface area contributed by atoms with E-state index in [1.165, 1.54) is 0 Å². The Balaban J connectivity index is 2.65. The number of hydrogen-bond acceptors (Lipinski definition) is 3.